The van der Waals surface area contributed by atoms with Crippen molar-refractivity contribution >= 4 is 52.4 Å². The molecule has 6 heteroatoms. The number of nitrogens with one attached hydrogen (secondary N) is 1. The molecular weight excluding hydrogens is 255 g/mol. The first-order chi connectivity index (χ1) is 8.58. The summed E-state index contributed by atoms with van der Waals surface area (Å²) in [6, 6.07) is 6.89. The molecule has 2 aromatic rings. The van der Waals surface area contributed by atoms with Crippen molar-refractivity contribution in [2.75, 3.05) is 0 Å². The summed E-state index contributed by atoms with van der Waals surface area (Å²) in [5.41, 5.74) is 7.62. The van der Waals surface area contributed by atoms with Crippen LogP contribution in [0.5, 0.6) is 0 Å². The molecule has 1 atom stereocenters. The van der Waals surface area contributed by atoms with E-state index in [0.717, 1.165) is 16.5 Å². The normalized spacial score (nSPS) is 11.7. The van der Waals surface area contributed by atoms with Gasteiger partial charge in [-0.3, -0.25) is 4.79 Å². The second-order valence-corrected chi connectivity index (χ2v) is 4.08. The van der Waals surface area contributed by atoms with Gasteiger partial charge in [-0.1, -0.05) is 18.2 Å². The first kappa shape index (κ1) is 15.9. The molecule has 1 radical (unpaired) electrons. The average molecular weight is 269 g/mol. The van der Waals surface area contributed by atoms with Crippen LogP contribution in [0, 0.1) is 0 Å². The number of ether oxygens (including phenoxy) is 1. The summed E-state index contributed by atoms with van der Waals surface area (Å²) < 4.78 is 4.46. The quantitative estimate of drug-likeness (QED) is 0.489. The second-order valence-electron chi connectivity index (χ2n) is 4.08. The third kappa shape index (κ3) is 3.91. The van der Waals surface area contributed by atoms with Crippen molar-refractivity contribution in [1.29, 1.82) is 0 Å². The van der Waals surface area contributed by atoms with E-state index in [-0.39, 0.29) is 29.6 Å². The van der Waals surface area contributed by atoms with Crippen LogP contribution < -0.4 is 5.73 Å². The van der Waals surface area contributed by atoms with Crippen LogP contribution in [-0.4, -0.2) is 52.5 Å². The van der Waals surface area contributed by atoms with Gasteiger partial charge in [-0.2, -0.15) is 0 Å². The monoisotopic (exact) mass is 269 g/mol. The van der Waals surface area contributed by atoms with Gasteiger partial charge < -0.3 is 15.5 Å². The fourth-order valence-electron chi connectivity index (χ4n) is 1.84. The smallest absolute Gasteiger partial charge is 0.330 e. The zero-order valence-corrected chi connectivity index (χ0v) is 13.0. The zero-order valence-electron chi connectivity index (χ0n) is 11.0. The number of hydrogen-bond acceptors (Lipinski definition) is 4. The van der Waals surface area contributed by atoms with Gasteiger partial charge in [0.15, 0.2) is 0 Å². The molecule has 0 bridgehead atoms. The van der Waals surface area contributed by atoms with Gasteiger partial charge in [0.25, 0.3) is 0 Å². The molecule has 95 valence electrons. The van der Waals surface area contributed by atoms with Crippen LogP contribution in [0.2, 0.25) is 0 Å². The number of carbonyl (C=O) groups excluding carboxylic acids is 2. The first-order valence-corrected chi connectivity index (χ1v) is 5.61. The maximum absolute atomic E-state index is 11.4. The van der Waals surface area contributed by atoms with Crippen LogP contribution in [0.25, 0.3) is 10.9 Å². The minimum atomic E-state index is -0.840. The molecule has 3 N–H and O–H groups in total. The Hall–Kier alpha value is -1.14. The van der Waals surface area contributed by atoms with Gasteiger partial charge in [-0.15, -0.1) is 0 Å². The Bertz CT molecular complexity index is 594. The van der Waals surface area contributed by atoms with Crippen molar-refractivity contribution in [1.82, 2.24) is 4.98 Å². The third-order valence-electron chi connectivity index (χ3n) is 2.66. The van der Waals surface area contributed by atoms with Gasteiger partial charge in [0.1, 0.15) is 6.04 Å². The van der Waals surface area contributed by atoms with E-state index in [1.807, 2.05) is 30.5 Å². The Kier molecular flexibility index (Phi) is 5.75. The van der Waals surface area contributed by atoms with Gasteiger partial charge in [0.05, 0.1) is 0 Å². The van der Waals surface area contributed by atoms with E-state index in [2.05, 4.69) is 9.72 Å². The largest absolute Gasteiger partial charge is 0.392 e. The SMILES string of the molecule is CC(=O)OC(=O)[C@@H](N)Cc1c[nH]c2ccccc12.[Na]. The Labute approximate surface area is 132 Å². The fraction of sp³-hybridized carbons (Fsp3) is 0.231. The Morgan fingerprint density at radius 2 is 2.05 bits per heavy atom. The van der Waals surface area contributed by atoms with Crippen LogP contribution in [-0.2, 0) is 20.7 Å². The second kappa shape index (κ2) is 6.86. The molecule has 1 aromatic carbocycles. The Balaban J connectivity index is 0.00000180. The number of fused-ring (bicyclic) bond motifs is 1. The van der Waals surface area contributed by atoms with Crippen molar-refractivity contribution in [2.45, 2.75) is 19.4 Å². The van der Waals surface area contributed by atoms with Crippen LogP contribution in [0.3, 0.4) is 0 Å². The van der Waals surface area contributed by atoms with Crippen molar-refractivity contribution < 1.29 is 14.3 Å². The number of carbonyl (C=O) groups is 2. The number of aromatic amines is 1. The molecular formula is C13H14N2NaO3. The summed E-state index contributed by atoms with van der Waals surface area (Å²) in [7, 11) is 0. The van der Waals surface area contributed by atoms with Gasteiger partial charge >= 0.3 is 11.9 Å². The summed E-state index contributed by atoms with van der Waals surface area (Å²) in [5.74, 6) is -1.35. The van der Waals surface area contributed by atoms with Crippen molar-refractivity contribution in [3.05, 3.63) is 36.0 Å². The van der Waals surface area contributed by atoms with Gasteiger partial charge in [-0.25, -0.2) is 4.79 Å². The molecule has 0 saturated carbocycles. The number of nitrogens with two attached hydrogens (primary N) is 1. The molecule has 0 spiro atoms. The first-order valence-electron chi connectivity index (χ1n) is 5.61. The number of H-pyrrole nitrogens is 1. The number of para-hydroxylation sites is 1. The summed E-state index contributed by atoms with van der Waals surface area (Å²) in [6.45, 7) is 1.18. The van der Waals surface area contributed by atoms with Crippen LogP contribution >= 0.6 is 0 Å². The van der Waals surface area contributed by atoms with Crippen molar-refractivity contribution in [3.63, 3.8) is 0 Å². The van der Waals surface area contributed by atoms with Gasteiger partial charge in [0.2, 0.25) is 0 Å². The molecule has 1 aromatic heterocycles. The van der Waals surface area contributed by atoms with Crippen LogP contribution in [0.1, 0.15) is 12.5 Å². The van der Waals surface area contributed by atoms with Crippen molar-refractivity contribution in [3.8, 4) is 0 Å². The molecule has 0 fully saturated rings. The van der Waals surface area contributed by atoms with Crippen molar-refractivity contribution in [2.24, 2.45) is 5.73 Å². The number of rotatable bonds is 3. The maximum Gasteiger partial charge on any atom is 0.330 e. The van der Waals surface area contributed by atoms with E-state index in [0.29, 0.717) is 6.42 Å². The van der Waals surface area contributed by atoms with Crippen LogP contribution in [0.4, 0.5) is 0 Å². The zero-order chi connectivity index (χ0) is 13.1. The van der Waals surface area contributed by atoms with E-state index >= 15 is 0 Å². The molecule has 0 unspecified atom stereocenters. The molecule has 1 heterocycles. The van der Waals surface area contributed by atoms with E-state index in [1.54, 1.807) is 0 Å². The van der Waals surface area contributed by atoms with E-state index in [1.165, 1.54) is 6.92 Å². The predicted molar refractivity (Wildman–Crippen MR) is 72.5 cm³/mol. The Morgan fingerprint density at radius 3 is 2.74 bits per heavy atom. The van der Waals surface area contributed by atoms with Gasteiger partial charge in [-0.05, 0) is 11.6 Å². The molecule has 0 aliphatic carbocycles. The number of benzene rings is 1. The summed E-state index contributed by atoms with van der Waals surface area (Å²) in [5, 5.41) is 1.02. The van der Waals surface area contributed by atoms with E-state index < -0.39 is 18.0 Å². The average Bonchev–Trinajstić information content (AvgIpc) is 2.72. The predicted octanol–water partition coefficient (Wildman–Crippen LogP) is 0.747. The number of hydrogen-bond donors (Lipinski definition) is 2. The summed E-state index contributed by atoms with van der Waals surface area (Å²) >= 11 is 0. The summed E-state index contributed by atoms with van der Waals surface area (Å²) in [4.78, 5) is 25.2. The number of esters is 2. The molecule has 0 aliphatic heterocycles. The fourth-order valence-corrected chi connectivity index (χ4v) is 1.84. The minimum Gasteiger partial charge on any atom is -0.392 e. The number of aromatic nitrogens is 1. The molecule has 0 saturated heterocycles. The molecule has 0 amide bonds. The topological polar surface area (TPSA) is 85.2 Å². The Morgan fingerprint density at radius 1 is 1.37 bits per heavy atom. The van der Waals surface area contributed by atoms with Crippen LogP contribution in [0.15, 0.2) is 30.5 Å². The molecule has 2 rings (SSSR count). The minimum absolute atomic E-state index is 0. The van der Waals surface area contributed by atoms with E-state index in [4.69, 9.17) is 5.73 Å². The molecule has 0 aliphatic rings. The maximum atomic E-state index is 11.4. The molecule has 5 nitrogen and oxygen atoms in total. The standard InChI is InChI=1S/C13H14N2O3.Na/c1-8(16)18-13(17)11(14)6-9-7-15-12-5-3-2-4-10(9)12;/h2-5,7,11,15H,6,14H2,1H3;/t11-;/m0./s1. The van der Waals surface area contributed by atoms with E-state index in [9.17, 15) is 9.59 Å². The third-order valence-corrected chi connectivity index (χ3v) is 2.66. The summed E-state index contributed by atoms with van der Waals surface area (Å²) in [6.07, 6.45) is 2.14. The van der Waals surface area contributed by atoms with Gasteiger partial charge in [0, 0.05) is 60.0 Å². The molecule has 19 heavy (non-hydrogen) atoms.